The minimum Gasteiger partial charge on any atom is -0.474 e. The first kappa shape index (κ1) is 22.9. The van der Waals surface area contributed by atoms with Gasteiger partial charge in [0.1, 0.15) is 6.10 Å². The monoisotopic (exact) mass is 480 g/mol. The molecule has 1 aromatic carbocycles. The molecule has 1 fully saturated rings. The van der Waals surface area contributed by atoms with Crippen LogP contribution in [0.1, 0.15) is 40.7 Å². The minimum absolute atomic E-state index is 0.0802. The van der Waals surface area contributed by atoms with Crippen LogP contribution in [-0.4, -0.2) is 29.0 Å². The predicted molar refractivity (Wildman–Crippen MR) is 115 cm³/mol. The largest absolute Gasteiger partial charge is 0.474 e. The van der Waals surface area contributed by atoms with Crippen LogP contribution in [0.5, 0.6) is 5.88 Å². The topological polar surface area (TPSA) is 84.8 Å². The highest BCUT2D eigenvalue weighted by molar-refractivity contribution is 6.17. The summed E-state index contributed by atoms with van der Waals surface area (Å²) in [5.41, 5.74) is 5.25. The lowest BCUT2D eigenvalue weighted by atomic mass is 9.96. The fourth-order valence-corrected chi connectivity index (χ4v) is 3.49. The van der Waals surface area contributed by atoms with Crippen molar-refractivity contribution in [3.63, 3.8) is 0 Å². The number of hydrogen-bond acceptors (Lipinski definition) is 6. The molecule has 0 radical (unpaired) electrons. The quantitative estimate of drug-likeness (QED) is 0.583. The van der Waals surface area contributed by atoms with E-state index in [1.165, 1.54) is 6.20 Å². The SMILES string of the molecule is Cc1cc(-c2cc(C(=O)N/C=C3/N=C(C(F)(F)F)NO3)cnc2OC2CCC2)ccc1CCl. The second kappa shape index (κ2) is 9.30. The van der Waals surface area contributed by atoms with E-state index in [1.54, 1.807) is 11.5 Å². The van der Waals surface area contributed by atoms with Gasteiger partial charge in [0.25, 0.3) is 11.8 Å². The Morgan fingerprint density at radius 3 is 2.76 bits per heavy atom. The number of aliphatic imine (C=N–C) groups is 1. The molecule has 2 N–H and O–H groups in total. The van der Waals surface area contributed by atoms with E-state index in [0.717, 1.165) is 42.2 Å². The molecule has 0 unspecified atom stereocenters. The number of ether oxygens (including phenoxy) is 1. The fourth-order valence-electron chi connectivity index (χ4n) is 3.19. The summed E-state index contributed by atoms with van der Waals surface area (Å²) in [4.78, 5) is 24.8. The highest BCUT2D eigenvalue weighted by atomic mass is 35.5. The molecule has 1 aliphatic heterocycles. The molecular weight excluding hydrogens is 461 g/mol. The molecule has 33 heavy (non-hydrogen) atoms. The summed E-state index contributed by atoms with van der Waals surface area (Å²) in [5.74, 6) is -1.54. The van der Waals surface area contributed by atoms with Crippen molar-refractivity contribution in [2.75, 3.05) is 0 Å². The van der Waals surface area contributed by atoms with E-state index < -0.39 is 23.8 Å². The van der Waals surface area contributed by atoms with Gasteiger partial charge in [-0.2, -0.15) is 23.6 Å². The smallest absolute Gasteiger partial charge is 0.452 e. The van der Waals surface area contributed by atoms with Gasteiger partial charge < -0.3 is 14.9 Å². The van der Waals surface area contributed by atoms with Gasteiger partial charge in [0, 0.05) is 17.6 Å². The molecule has 11 heteroatoms. The highest BCUT2D eigenvalue weighted by Gasteiger charge is 2.39. The van der Waals surface area contributed by atoms with Gasteiger partial charge in [-0.25, -0.2) is 4.98 Å². The molecule has 1 aliphatic carbocycles. The van der Waals surface area contributed by atoms with Crippen molar-refractivity contribution in [3.05, 3.63) is 59.2 Å². The Kier molecular flexibility index (Phi) is 6.46. The Hall–Kier alpha value is -3.27. The Morgan fingerprint density at radius 1 is 1.36 bits per heavy atom. The van der Waals surface area contributed by atoms with Crippen molar-refractivity contribution in [2.24, 2.45) is 4.99 Å². The molecule has 1 saturated carbocycles. The zero-order valence-corrected chi connectivity index (χ0v) is 18.3. The lowest BCUT2D eigenvalue weighted by Crippen LogP contribution is -2.32. The van der Waals surface area contributed by atoms with Crippen LogP contribution in [0.15, 0.2) is 47.5 Å². The van der Waals surface area contributed by atoms with Crippen LogP contribution in [0.2, 0.25) is 0 Å². The zero-order chi connectivity index (χ0) is 23.6. The summed E-state index contributed by atoms with van der Waals surface area (Å²) in [6, 6.07) is 7.35. The number of pyridine rings is 1. The maximum absolute atomic E-state index is 12.6. The predicted octanol–water partition coefficient (Wildman–Crippen LogP) is 4.75. The Morgan fingerprint density at radius 2 is 2.15 bits per heavy atom. The van der Waals surface area contributed by atoms with E-state index in [9.17, 15) is 18.0 Å². The van der Waals surface area contributed by atoms with E-state index in [-0.39, 0.29) is 11.7 Å². The van der Waals surface area contributed by atoms with Gasteiger partial charge in [-0.3, -0.25) is 4.79 Å². The molecule has 2 heterocycles. The standard InChI is InChI=1S/C22H20ClF3N4O3/c1-12-7-13(5-6-14(12)9-23)17-8-15(10-28-20(17)32-16-3-2-4-16)19(31)27-11-18-29-21(30-33-18)22(24,25)26/h5-8,10-11,16H,2-4,9H2,1H3,(H,27,31)(H,29,30)/b18-11-. The molecule has 2 aromatic rings. The Labute approximate surface area is 192 Å². The van der Waals surface area contributed by atoms with Crippen LogP contribution in [-0.2, 0) is 10.7 Å². The van der Waals surface area contributed by atoms with Crippen molar-refractivity contribution in [3.8, 4) is 17.0 Å². The summed E-state index contributed by atoms with van der Waals surface area (Å²) in [6.07, 6.45) is 0.650. The molecular formula is C22H20ClF3N4O3. The number of carbonyl (C=O) groups excluding carboxylic acids is 1. The van der Waals surface area contributed by atoms with E-state index >= 15 is 0 Å². The Balaban J connectivity index is 1.59. The van der Waals surface area contributed by atoms with Gasteiger partial charge in [-0.05, 0) is 48.9 Å². The molecule has 174 valence electrons. The lowest BCUT2D eigenvalue weighted by molar-refractivity contribution is -0.0657. The number of amidine groups is 1. The van der Waals surface area contributed by atoms with Gasteiger partial charge in [0.05, 0.1) is 11.8 Å². The molecule has 1 aromatic heterocycles. The third kappa shape index (κ3) is 5.22. The summed E-state index contributed by atoms with van der Waals surface area (Å²) in [5, 5.41) is 2.37. The number of aromatic nitrogens is 1. The van der Waals surface area contributed by atoms with Gasteiger partial charge >= 0.3 is 6.18 Å². The molecule has 7 nitrogen and oxygen atoms in total. The third-order valence-electron chi connectivity index (χ3n) is 5.31. The number of amides is 1. The first-order valence-electron chi connectivity index (χ1n) is 10.2. The second-order valence-electron chi connectivity index (χ2n) is 7.64. The summed E-state index contributed by atoms with van der Waals surface area (Å²) in [6.45, 7) is 1.94. The number of alkyl halides is 4. The van der Waals surface area contributed by atoms with E-state index in [2.05, 4.69) is 20.1 Å². The second-order valence-corrected chi connectivity index (χ2v) is 7.91. The van der Waals surface area contributed by atoms with E-state index in [1.807, 2.05) is 25.1 Å². The van der Waals surface area contributed by atoms with Crippen molar-refractivity contribution in [1.29, 1.82) is 0 Å². The average molecular weight is 481 g/mol. The third-order valence-corrected chi connectivity index (χ3v) is 5.60. The van der Waals surface area contributed by atoms with Gasteiger partial charge in [0.15, 0.2) is 0 Å². The maximum Gasteiger partial charge on any atom is 0.452 e. The number of carbonyl (C=O) groups is 1. The average Bonchev–Trinajstić information content (AvgIpc) is 3.24. The minimum atomic E-state index is -4.69. The molecule has 2 aliphatic rings. The molecule has 0 saturated heterocycles. The normalized spacial score (nSPS) is 17.1. The van der Waals surface area contributed by atoms with Crippen molar-refractivity contribution < 1.29 is 27.5 Å². The number of nitrogens with one attached hydrogen (secondary N) is 2. The number of halogens is 4. The van der Waals surface area contributed by atoms with Crippen LogP contribution in [0.3, 0.4) is 0 Å². The van der Waals surface area contributed by atoms with Gasteiger partial charge in [-0.1, -0.05) is 18.2 Å². The number of hydroxylamine groups is 1. The van der Waals surface area contributed by atoms with Gasteiger partial charge in [0.2, 0.25) is 11.7 Å². The summed E-state index contributed by atoms with van der Waals surface area (Å²) >= 11 is 5.96. The van der Waals surface area contributed by atoms with Crippen LogP contribution in [0, 0.1) is 6.92 Å². The van der Waals surface area contributed by atoms with Crippen LogP contribution in [0.25, 0.3) is 11.1 Å². The van der Waals surface area contributed by atoms with E-state index in [4.69, 9.17) is 16.3 Å². The first-order chi connectivity index (χ1) is 15.7. The van der Waals surface area contributed by atoms with Crippen LogP contribution >= 0.6 is 11.6 Å². The van der Waals surface area contributed by atoms with Crippen molar-refractivity contribution in [1.82, 2.24) is 15.8 Å². The maximum atomic E-state index is 12.6. The van der Waals surface area contributed by atoms with Crippen molar-refractivity contribution >= 4 is 23.3 Å². The van der Waals surface area contributed by atoms with E-state index in [0.29, 0.717) is 17.3 Å². The molecule has 0 atom stereocenters. The first-order valence-corrected chi connectivity index (χ1v) is 10.7. The van der Waals surface area contributed by atoms with Crippen molar-refractivity contribution in [2.45, 2.75) is 44.3 Å². The molecule has 1 amide bonds. The van der Waals surface area contributed by atoms with Gasteiger partial charge in [-0.15, -0.1) is 11.6 Å². The molecule has 4 rings (SSSR count). The number of aryl methyl sites for hydroxylation is 1. The molecule has 0 bridgehead atoms. The fraction of sp³-hybridized carbons (Fsp3) is 0.318. The number of rotatable bonds is 6. The summed E-state index contributed by atoms with van der Waals surface area (Å²) < 4.78 is 43.9. The number of hydrogen-bond donors (Lipinski definition) is 2. The summed E-state index contributed by atoms with van der Waals surface area (Å²) in [7, 11) is 0. The number of nitrogens with zero attached hydrogens (tertiary/aromatic N) is 2. The van der Waals surface area contributed by atoms with Crippen LogP contribution < -0.4 is 15.5 Å². The molecule has 0 spiro atoms. The number of benzene rings is 1. The van der Waals surface area contributed by atoms with Crippen LogP contribution in [0.4, 0.5) is 13.2 Å². The highest BCUT2D eigenvalue weighted by Crippen LogP contribution is 2.34. The zero-order valence-electron chi connectivity index (χ0n) is 17.5. The Bertz CT molecular complexity index is 1130. The lowest BCUT2D eigenvalue weighted by Gasteiger charge is -2.27.